The Bertz CT molecular complexity index is 215. The fourth-order valence-electron chi connectivity index (χ4n) is 2.55. The van der Waals surface area contributed by atoms with Gasteiger partial charge in [0.1, 0.15) is 0 Å². The Morgan fingerprint density at radius 2 is 1.79 bits per heavy atom. The summed E-state index contributed by atoms with van der Waals surface area (Å²) in [7, 11) is 0. The van der Waals surface area contributed by atoms with Gasteiger partial charge in [-0.15, -0.1) is 0 Å². The summed E-state index contributed by atoms with van der Waals surface area (Å²) in [5.74, 6) is 0.599. The molecule has 0 aromatic rings. The average Bonchev–Trinajstić information content (AvgIpc) is 2.13. The molecule has 1 rings (SSSR count). The third-order valence-corrected chi connectivity index (χ3v) is 4.65. The minimum Gasteiger partial charge on any atom is -0.388 e. The van der Waals surface area contributed by atoms with Gasteiger partial charge in [-0.2, -0.15) is 0 Å². The quantitative estimate of drug-likeness (QED) is 0.583. The molecule has 4 atom stereocenters. The summed E-state index contributed by atoms with van der Waals surface area (Å²) < 4.78 is 0. The van der Waals surface area contributed by atoms with Crippen LogP contribution in [0, 0.1) is 17.3 Å². The van der Waals surface area contributed by atoms with Crippen molar-refractivity contribution in [3.8, 4) is 0 Å². The standard InChI is InChI=1S/C11H24N2O/c1-7-8(2)11(14,6-12)5-9(13)10(7,3)4/h7-9,14H,5-6,12-13H2,1-4H3/t7?,8-,9+,11?/m1/s1. The molecule has 1 fully saturated rings. The van der Waals surface area contributed by atoms with Gasteiger partial charge in [0, 0.05) is 12.6 Å². The van der Waals surface area contributed by atoms with Crippen molar-refractivity contribution < 1.29 is 5.11 Å². The van der Waals surface area contributed by atoms with Crippen LogP contribution in [0.15, 0.2) is 0 Å². The summed E-state index contributed by atoms with van der Waals surface area (Å²) in [6, 6.07) is 0.0299. The van der Waals surface area contributed by atoms with Gasteiger partial charge in [0.15, 0.2) is 0 Å². The van der Waals surface area contributed by atoms with Crippen LogP contribution in [0.4, 0.5) is 0 Å². The topological polar surface area (TPSA) is 72.3 Å². The van der Waals surface area contributed by atoms with Crippen molar-refractivity contribution >= 4 is 0 Å². The SMILES string of the molecule is CC1[C@@H](C)C(O)(CN)C[C@H](N)C1(C)C. The molecule has 0 aliphatic heterocycles. The third-order valence-electron chi connectivity index (χ3n) is 4.65. The van der Waals surface area contributed by atoms with E-state index in [1.54, 1.807) is 0 Å². The molecule has 3 heteroatoms. The number of rotatable bonds is 1. The molecule has 0 amide bonds. The molecule has 84 valence electrons. The second-order valence-corrected chi connectivity index (χ2v) is 5.52. The van der Waals surface area contributed by atoms with Gasteiger partial charge in [-0.05, 0) is 23.7 Å². The molecule has 0 spiro atoms. The van der Waals surface area contributed by atoms with E-state index in [9.17, 15) is 5.11 Å². The van der Waals surface area contributed by atoms with E-state index in [-0.39, 0.29) is 17.4 Å². The lowest BCUT2D eigenvalue weighted by molar-refractivity contribution is -0.106. The second-order valence-electron chi connectivity index (χ2n) is 5.52. The first kappa shape index (κ1) is 12.0. The lowest BCUT2D eigenvalue weighted by Crippen LogP contribution is -2.61. The summed E-state index contributed by atoms with van der Waals surface area (Å²) in [6.07, 6.45) is 0.613. The van der Waals surface area contributed by atoms with Gasteiger partial charge in [-0.25, -0.2) is 0 Å². The molecule has 1 aliphatic carbocycles. The minimum absolute atomic E-state index is 0.0299. The Kier molecular flexibility index (Phi) is 2.96. The van der Waals surface area contributed by atoms with Crippen molar-refractivity contribution in [2.75, 3.05) is 6.54 Å². The van der Waals surface area contributed by atoms with Crippen LogP contribution in [-0.2, 0) is 0 Å². The van der Waals surface area contributed by atoms with E-state index in [0.717, 1.165) is 0 Å². The predicted molar refractivity (Wildman–Crippen MR) is 58.7 cm³/mol. The molecule has 0 bridgehead atoms. The van der Waals surface area contributed by atoms with Crippen LogP contribution >= 0.6 is 0 Å². The number of hydrogen-bond donors (Lipinski definition) is 3. The highest BCUT2D eigenvalue weighted by atomic mass is 16.3. The summed E-state index contributed by atoms with van der Waals surface area (Å²) in [5, 5.41) is 10.3. The van der Waals surface area contributed by atoms with Gasteiger partial charge in [0.25, 0.3) is 0 Å². The number of aliphatic hydroxyl groups is 1. The zero-order valence-electron chi connectivity index (χ0n) is 9.75. The van der Waals surface area contributed by atoms with Crippen molar-refractivity contribution in [3.05, 3.63) is 0 Å². The molecular formula is C11H24N2O. The normalized spacial score (nSPS) is 47.8. The van der Waals surface area contributed by atoms with Crippen LogP contribution in [0.2, 0.25) is 0 Å². The lowest BCUT2D eigenvalue weighted by Gasteiger charge is -2.53. The molecule has 5 N–H and O–H groups in total. The van der Waals surface area contributed by atoms with Crippen molar-refractivity contribution in [1.82, 2.24) is 0 Å². The van der Waals surface area contributed by atoms with Crippen molar-refractivity contribution in [1.29, 1.82) is 0 Å². The summed E-state index contributed by atoms with van der Waals surface area (Å²) in [4.78, 5) is 0. The maximum absolute atomic E-state index is 10.3. The van der Waals surface area contributed by atoms with E-state index in [4.69, 9.17) is 11.5 Å². The summed E-state index contributed by atoms with van der Waals surface area (Å²) in [6.45, 7) is 8.89. The van der Waals surface area contributed by atoms with E-state index in [1.807, 2.05) is 0 Å². The first-order chi connectivity index (χ1) is 6.25. The van der Waals surface area contributed by atoms with E-state index in [0.29, 0.717) is 18.9 Å². The molecule has 0 heterocycles. The zero-order valence-corrected chi connectivity index (χ0v) is 9.75. The van der Waals surface area contributed by atoms with E-state index in [2.05, 4.69) is 27.7 Å². The molecule has 0 radical (unpaired) electrons. The van der Waals surface area contributed by atoms with Crippen LogP contribution in [0.1, 0.15) is 34.1 Å². The monoisotopic (exact) mass is 200 g/mol. The van der Waals surface area contributed by atoms with Gasteiger partial charge in [0.05, 0.1) is 5.60 Å². The van der Waals surface area contributed by atoms with E-state index in [1.165, 1.54) is 0 Å². The predicted octanol–water partition coefficient (Wildman–Crippen LogP) is 0.706. The van der Waals surface area contributed by atoms with Crippen molar-refractivity contribution in [2.45, 2.75) is 45.8 Å². The Morgan fingerprint density at radius 3 is 2.21 bits per heavy atom. The maximum atomic E-state index is 10.3. The molecular weight excluding hydrogens is 176 g/mol. The molecule has 0 saturated heterocycles. The molecule has 1 aliphatic rings. The Balaban J connectivity index is 2.95. The van der Waals surface area contributed by atoms with Crippen LogP contribution < -0.4 is 11.5 Å². The van der Waals surface area contributed by atoms with Crippen LogP contribution in [0.3, 0.4) is 0 Å². The fraction of sp³-hybridized carbons (Fsp3) is 1.00. The fourth-order valence-corrected chi connectivity index (χ4v) is 2.55. The highest BCUT2D eigenvalue weighted by molar-refractivity contribution is 5.04. The van der Waals surface area contributed by atoms with Gasteiger partial charge in [-0.3, -0.25) is 0 Å². The minimum atomic E-state index is -0.769. The van der Waals surface area contributed by atoms with Gasteiger partial charge in [0.2, 0.25) is 0 Å². The molecule has 1 saturated carbocycles. The van der Waals surface area contributed by atoms with Crippen LogP contribution in [-0.4, -0.2) is 23.3 Å². The lowest BCUT2D eigenvalue weighted by atomic mass is 9.57. The second kappa shape index (κ2) is 3.47. The number of nitrogens with two attached hydrogens (primary N) is 2. The first-order valence-corrected chi connectivity index (χ1v) is 5.43. The highest BCUT2D eigenvalue weighted by Crippen LogP contribution is 2.47. The zero-order chi connectivity index (χ0) is 11.1. The summed E-state index contributed by atoms with van der Waals surface area (Å²) >= 11 is 0. The molecule has 2 unspecified atom stereocenters. The number of hydrogen-bond acceptors (Lipinski definition) is 3. The smallest absolute Gasteiger partial charge is 0.0812 e. The Hall–Kier alpha value is -0.120. The van der Waals surface area contributed by atoms with Crippen LogP contribution in [0.5, 0.6) is 0 Å². The Morgan fingerprint density at radius 1 is 1.29 bits per heavy atom. The van der Waals surface area contributed by atoms with E-state index < -0.39 is 5.60 Å². The molecule has 14 heavy (non-hydrogen) atoms. The van der Waals surface area contributed by atoms with Crippen molar-refractivity contribution in [3.63, 3.8) is 0 Å². The maximum Gasteiger partial charge on any atom is 0.0812 e. The van der Waals surface area contributed by atoms with Gasteiger partial charge in [-0.1, -0.05) is 27.7 Å². The van der Waals surface area contributed by atoms with Crippen LogP contribution in [0.25, 0.3) is 0 Å². The largest absolute Gasteiger partial charge is 0.388 e. The van der Waals surface area contributed by atoms with Crippen molar-refractivity contribution in [2.24, 2.45) is 28.7 Å². The van der Waals surface area contributed by atoms with Gasteiger partial charge < -0.3 is 16.6 Å². The summed E-state index contributed by atoms with van der Waals surface area (Å²) in [5.41, 5.74) is 11.1. The Labute approximate surface area is 86.9 Å². The molecule has 3 nitrogen and oxygen atoms in total. The highest BCUT2D eigenvalue weighted by Gasteiger charge is 2.50. The first-order valence-electron chi connectivity index (χ1n) is 5.43. The molecule has 0 aromatic carbocycles. The average molecular weight is 200 g/mol. The van der Waals surface area contributed by atoms with Gasteiger partial charge >= 0.3 is 0 Å². The molecule has 0 aromatic heterocycles. The van der Waals surface area contributed by atoms with E-state index >= 15 is 0 Å². The third kappa shape index (κ3) is 1.58.